The van der Waals surface area contributed by atoms with E-state index in [0.29, 0.717) is 22.6 Å². The molecule has 0 heterocycles. The van der Waals surface area contributed by atoms with Gasteiger partial charge in [-0.15, -0.1) is 0 Å². The van der Waals surface area contributed by atoms with Crippen molar-refractivity contribution in [2.24, 2.45) is 5.92 Å². The number of benzene rings is 1. The Morgan fingerprint density at radius 1 is 1.16 bits per heavy atom. The summed E-state index contributed by atoms with van der Waals surface area (Å²) < 4.78 is 0. The highest BCUT2D eigenvalue weighted by Gasteiger charge is 2.25. The lowest BCUT2D eigenvalue weighted by molar-refractivity contribution is -0.142. The number of carboxylic acid groups (broad SMARTS) is 1. The number of rotatable bonds is 4. The second-order valence-electron chi connectivity index (χ2n) is 5.05. The minimum atomic E-state index is -0.667. The quantitative estimate of drug-likeness (QED) is 0.891. The summed E-state index contributed by atoms with van der Waals surface area (Å²) in [5.74, 6) is -0.835. The Morgan fingerprint density at radius 2 is 1.74 bits per heavy atom. The lowest BCUT2D eigenvalue weighted by atomic mass is 9.86. The molecule has 1 aromatic carbocycles. The molecular weight excluding hydrogens is 285 g/mol. The maximum absolute atomic E-state index is 10.9. The molecule has 19 heavy (non-hydrogen) atoms. The molecule has 1 saturated carbocycles. The Balaban J connectivity index is 1.82. The zero-order valence-corrected chi connectivity index (χ0v) is 12.0. The number of carboxylic acids is 1. The number of aliphatic carboxylic acids is 1. The Labute approximate surface area is 122 Å². The summed E-state index contributed by atoms with van der Waals surface area (Å²) >= 11 is 11.9. The molecule has 0 radical (unpaired) electrons. The van der Waals surface area contributed by atoms with E-state index in [1.807, 2.05) is 12.1 Å². The smallest absolute Gasteiger partial charge is 0.306 e. The topological polar surface area (TPSA) is 49.3 Å². The van der Waals surface area contributed by atoms with Gasteiger partial charge < -0.3 is 10.4 Å². The van der Waals surface area contributed by atoms with Crippen molar-refractivity contribution in [3.8, 4) is 0 Å². The van der Waals surface area contributed by atoms with Gasteiger partial charge in [0.1, 0.15) is 0 Å². The van der Waals surface area contributed by atoms with E-state index < -0.39 is 5.97 Å². The Bertz CT molecular complexity index is 437. The van der Waals surface area contributed by atoms with Crippen LogP contribution in [-0.4, -0.2) is 17.1 Å². The average molecular weight is 302 g/mol. The van der Waals surface area contributed by atoms with Gasteiger partial charge >= 0.3 is 5.97 Å². The largest absolute Gasteiger partial charge is 0.481 e. The van der Waals surface area contributed by atoms with Crippen LogP contribution < -0.4 is 5.32 Å². The molecule has 0 bridgehead atoms. The van der Waals surface area contributed by atoms with Gasteiger partial charge in [0, 0.05) is 22.6 Å². The van der Waals surface area contributed by atoms with Crippen molar-refractivity contribution in [2.75, 3.05) is 0 Å². The van der Waals surface area contributed by atoms with Crippen LogP contribution >= 0.6 is 23.2 Å². The van der Waals surface area contributed by atoms with Crippen molar-refractivity contribution in [1.29, 1.82) is 0 Å². The third-order valence-corrected chi connectivity index (χ3v) is 4.03. The van der Waals surface area contributed by atoms with E-state index in [1.54, 1.807) is 6.07 Å². The number of carbonyl (C=O) groups is 1. The number of halogens is 2. The minimum absolute atomic E-state index is 0.168. The lowest BCUT2D eigenvalue weighted by Crippen LogP contribution is -2.34. The molecule has 2 rings (SSSR count). The maximum atomic E-state index is 10.9. The van der Waals surface area contributed by atoms with Gasteiger partial charge in [0.05, 0.1) is 5.92 Å². The standard InChI is InChI=1S/C14H17Cl2NO2/c15-11-5-9(6-12(16)7-11)8-17-13-3-1-10(2-4-13)14(18)19/h5-7,10,13,17H,1-4,8H2,(H,18,19). The summed E-state index contributed by atoms with van der Waals surface area (Å²) in [4.78, 5) is 10.9. The second kappa shape index (κ2) is 6.60. The monoisotopic (exact) mass is 301 g/mol. The zero-order valence-electron chi connectivity index (χ0n) is 10.5. The van der Waals surface area contributed by atoms with E-state index >= 15 is 0 Å². The van der Waals surface area contributed by atoms with E-state index in [9.17, 15) is 4.79 Å². The summed E-state index contributed by atoms with van der Waals surface area (Å²) in [6.45, 7) is 0.711. The SMILES string of the molecule is O=C(O)C1CCC(NCc2cc(Cl)cc(Cl)c2)CC1. The molecule has 0 atom stereocenters. The molecule has 3 nitrogen and oxygen atoms in total. The molecule has 1 aliphatic carbocycles. The maximum Gasteiger partial charge on any atom is 0.306 e. The second-order valence-corrected chi connectivity index (χ2v) is 5.92. The zero-order chi connectivity index (χ0) is 13.8. The molecule has 0 saturated heterocycles. The predicted molar refractivity (Wildman–Crippen MR) is 76.7 cm³/mol. The Hall–Kier alpha value is -0.770. The van der Waals surface area contributed by atoms with Crippen molar-refractivity contribution < 1.29 is 9.90 Å². The van der Waals surface area contributed by atoms with Crippen molar-refractivity contribution >= 4 is 29.2 Å². The summed E-state index contributed by atoms with van der Waals surface area (Å²) in [5, 5.41) is 13.7. The molecular formula is C14H17Cl2NO2. The molecule has 1 aliphatic rings. The third-order valence-electron chi connectivity index (χ3n) is 3.59. The van der Waals surface area contributed by atoms with Crippen LogP contribution in [0.25, 0.3) is 0 Å². The molecule has 0 aliphatic heterocycles. The van der Waals surface area contributed by atoms with E-state index in [0.717, 1.165) is 31.2 Å². The molecule has 1 aromatic rings. The van der Waals surface area contributed by atoms with Gasteiger partial charge in [-0.1, -0.05) is 23.2 Å². The molecule has 0 amide bonds. The fourth-order valence-electron chi connectivity index (χ4n) is 2.52. The number of nitrogens with one attached hydrogen (secondary N) is 1. The van der Waals surface area contributed by atoms with Gasteiger partial charge in [0.25, 0.3) is 0 Å². The highest BCUT2D eigenvalue weighted by molar-refractivity contribution is 6.34. The summed E-state index contributed by atoms with van der Waals surface area (Å²) in [6, 6.07) is 5.88. The van der Waals surface area contributed by atoms with Gasteiger partial charge in [0.15, 0.2) is 0 Å². The normalized spacial score (nSPS) is 23.3. The summed E-state index contributed by atoms with van der Waals surface area (Å²) in [7, 11) is 0. The lowest BCUT2D eigenvalue weighted by Gasteiger charge is -2.27. The molecule has 0 aromatic heterocycles. The Morgan fingerprint density at radius 3 is 2.26 bits per heavy atom. The van der Waals surface area contributed by atoms with Gasteiger partial charge in [-0.25, -0.2) is 0 Å². The highest BCUT2D eigenvalue weighted by Crippen LogP contribution is 2.25. The Kier molecular flexibility index (Phi) is 5.08. The third kappa shape index (κ3) is 4.37. The predicted octanol–water partition coefficient (Wildman–Crippen LogP) is 3.73. The van der Waals surface area contributed by atoms with E-state index in [1.165, 1.54) is 0 Å². The van der Waals surface area contributed by atoms with E-state index in [4.69, 9.17) is 28.3 Å². The van der Waals surface area contributed by atoms with Crippen molar-refractivity contribution in [3.63, 3.8) is 0 Å². The van der Waals surface area contributed by atoms with Crippen LogP contribution in [0.4, 0.5) is 0 Å². The molecule has 1 fully saturated rings. The fourth-order valence-corrected chi connectivity index (χ4v) is 3.09. The van der Waals surface area contributed by atoms with Crippen LogP contribution in [0.5, 0.6) is 0 Å². The molecule has 0 unspecified atom stereocenters. The first kappa shape index (κ1) is 14.6. The average Bonchev–Trinajstić information content (AvgIpc) is 2.36. The van der Waals surface area contributed by atoms with Crippen LogP contribution in [0, 0.1) is 5.92 Å². The van der Waals surface area contributed by atoms with Crippen LogP contribution in [0.1, 0.15) is 31.2 Å². The molecule has 5 heteroatoms. The first-order chi connectivity index (χ1) is 9.04. The van der Waals surface area contributed by atoms with Crippen LogP contribution in [-0.2, 0) is 11.3 Å². The molecule has 104 valence electrons. The van der Waals surface area contributed by atoms with Gasteiger partial charge in [-0.2, -0.15) is 0 Å². The molecule has 2 N–H and O–H groups in total. The van der Waals surface area contributed by atoms with Crippen LogP contribution in [0.3, 0.4) is 0 Å². The van der Waals surface area contributed by atoms with E-state index in [-0.39, 0.29) is 5.92 Å². The van der Waals surface area contributed by atoms with Crippen molar-refractivity contribution in [1.82, 2.24) is 5.32 Å². The number of hydrogen-bond acceptors (Lipinski definition) is 2. The summed E-state index contributed by atoms with van der Waals surface area (Å²) in [5.41, 5.74) is 1.05. The van der Waals surface area contributed by atoms with Gasteiger partial charge in [-0.05, 0) is 49.4 Å². The van der Waals surface area contributed by atoms with E-state index in [2.05, 4.69) is 5.32 Å². The fraction of sp³-hybridized carbons (Fsp3) is 0.500. The first-order valence-electron chi connectivity index (χ1n) is 6.46. The van der Waals surface area contributed by atoms with Crippen molar-refractivity contribution in [3.05, 3.63) is 33.8 Å². The van der Waals surface area contributed by atoms with Crippen LogP contribution in [0.15, 0.2) is 18.2 Å². The minimum Gasteiger partial charge on any atom is -0.481 e. The first-order valence-corrected chi connectivity index (χ1v) is 7.21. The van der Waals surface area contributed by atoms with Crippen LogP contribution in [0.2, 0.25) is 10.0 Å². The van der Waals surface area contributed by atoms with Gasteiger partial charge in [0.2, 0.25) is 0 Å². The van der Waals surface area contributed by atoms with Gasteiger partial charge in [-0.3, -0.25) is 4.79 Å². The highest BCUT2D eigenvalue weighted by atomic mass is 35.5. The van der Waals surface area contributed by atoms with Crippen molar-refractivity contribution in [2.45, 2.75) is 38.3 Å². The number of hydrogen-bond donors (Lipinski definition) is 2. The summed E-state index contributed by atoms with van der Waals surface area (Å²) in [6.07, 6.45) is 3.32. The molecule has 0 spiro atoms.